The number of benzene rings is 1. The van der Waals surface area contributed by atoms with Crippen LogP contribution in [0, 0.1) is 11.7 Å². The fourth-order valence-corrected chi connectivity index (χ4v) is 4.58. The Labute approximate surface area is 130 Å². The van der Waals surface area contributed by atoms with Gasteiger partial charge in [0, 0.05) is 11.4 Å². The number of sulfonamides is 1. The fourth-order valence-electron chi connectivity index (χ4n) is 1.32. The molecule has 0 saturated carbocycles. The van der Waals surface area contributed by atoms with Crippen LogP contribution in [0.1, 0.15) is 13.8 Å². The smallest absolute Gasteiger partial charge is 0.207 e. The molecule has 0 radical (unpaired) electrons. The third-order valence-electron chi connectivity index (χ3n) is 2.57. The molecule has 1 aromatic carbocycles. The molecule has 0 heterocycles. The van der Waals surface area contributed by atoms with E-state index in [4.69, 9.17) is 23.2 Å². The van der Waals surface area contributed by atoms with Crippen LogP contribution in [0.15, 0.2) is 17.0 Å². The van der Waals surface area contributed by atoms with Crippen LogP contribution in [0.2, 0.25) is 10.0 Å². The molecule has 1 atom stereocenters. The van der Waals surface area contributed by atoms with E-state index >= 15 is 0 Å². The molecule has 0 amide bonds. The highest BCUT2D eigenvalue weighted by Gasteiger charge is 2.25. The number of hydrogen-bond acceptors (Lipinski definition) is 2. The minimum Gasteiger partial charge on any atom is -0.207 e. The monoisotopic (exact) mass is 391 g/mol. The first-order chi connectivity index (χ1) is 8.70. The van der Waals surface area contributed by atoms with Crippen molar-refractivity contribution in [1.29, 1.82) is 0 Å². The number of alkyl halides is 1. The van der Waals surface area contributed by atoms with Crippen LogP contribution in [0.3, 0.4) is 0 Å². The zero-order valence-corrected chi connectivity index (χ0v) is 14.2. The zero-order chi connectivity index (χ0) is 14.8. The molecule has 0 aliphatic rings. The summed E-state index contributed by atoms with van der Waals surface area (Å²) in [6, 6.07) is 2.03. The summed E-state index contributed by atoms with van der Waals surface area (Å²) in [6.07, 6.45) is 0. The summed E-state index contributed by atoms with van der Waals surface area (Å²) in [7, 11) is -3.90. The van der Waals surface area contributed by atoms with Crippen LogP contribution in [-0.2, 0) is 10.0 Å². The maximum atomic E-state index is 13.5. The highest BCUT2D eigenvalue weighted by Crippen LogP contribution is 2.29. The van der Waals surface area contributed by atoms with Crippen LogP contribution in [-0.4, -0.2) is 19.8 Å². The van der Waals surface area contributed by atoms with Crippen molar-refractivity contribution in [2.75, 3.05) is 5.33 Å². The van der Waals surface area contributed by atoms with Gasteiger partial charge in [-0.1, -0.05) is 53.0 Å². The second-order valence-corrected chi connectivity index (χ2v) is 7.41. The highest BCUT2D eigenvalue weighted by molar-refractivity contribution is 9.09. The van der Waals surface area contributed by atoms with Crippen LogP contribution in [0.4, 0.5) is 4.39 Å². The second kappa shape index (κ2) is 6.72. The van der Waals surface area contributed by atoms with Gasteiger partial charge >= 0.3 is 0 Å². The van der Waals surface area contributed by atoms with Gasteiger partial charge in [0.2, 0.25) is 10.0 Å². The first-order valence-corrected chi connectivity index (χ1v) is 8.78. The molecule has 1 unspecified atom stereocenters. The molecule has 8 heteroatoms. The molecule has 108 valence electrons. The lowest BCUT2D eigenvalue weighted by Crippen LogP contribution is -2.39. The van der Waals surface area contributed by atoms with Gasteiger partial charge in [0.15, 0.2) is 5.82 Å². The van der Waals surface area contributed by atoms with Gasteiger partial charge in [-0.3, -0.25) is 0 Å². The molecule has 0 fully saturated rings. The van der Waals surface area contributed by atoms with E-state index in [1.165, 1.54) is 6.07 Å². The summed E-state index contributed by atoms with van der Waals surface area (Å²) >= 11 is 14.5. The van der Waals surface area contributed by atoms with E-state index in [9.17, 15) is 12.8 Å². The Bertz CT molecular complexity index is 566. The number of rotatable bonds is 5. The lowest BCUT2D eigenvalue weighted by molar-refractivity contribution is 0.483. The summed E-state index contributed by atoms with van der Waals surface area (Å²) in [6.45, 7) is 3.75. The maximum absolute atomic E-state index is 13.5. The van der Waals surface area contributed by atoms with E-state index in [2.05, 4.69) is 20.7 Å². The van der Waals surface area contributed by atoms with Gasteiger partial charge in [-0.15, -0.1) is 0 Å². The molecular formula is C11H13BrCl2FNO2S. The van der Waals surface area contributed by atoms with Crippen molar-refractivity contribution >= 4 is 49.2 Å². The van der Waals surface area contributed by atoms with Crippen molar-refractivity contribution in [2.24, 2.45) is 5.92 Å². The lowest BCUT2D eigenvalue weighted by atomic mass is 10.1. The molecule has 3 nitrogen and oxygen atoms in total. The summed E-state index contributed by atoms with van der Waals surface area (Å²) in [5.41, 5.74) is 0. The summed E-state index contributed by atoms with van der Waals surface area (Å²) < 4.78 is 40.3. The number of nitrogens with one attached hydrogen (secondary N) is 1. The fraction of sp³-hybridized carbons (Fsp3) is 0.455. The Hall–Kier alpha value is 0.120. The van der Waals surface area contributed by atoms with Gasteiger partial charge in [0.25, 0.3) is 0 Å². The van der Waals surface area contributed by atoms with E-state index < -0.39 is 20.9 Å². The van der Waals surface area contributed by atoms with Crippen molar-refractivity contribution in [3.8, 4) is 0 Å². The Morgan fingerprint density at radius 2 is 1.95 bits per heavy atom. The topological polar surface area (TPSA) is 46.2 Å². The van der Waals surface area contributed by atoms with Crippen molar-refractivity contribution in [3.05, 3.63) is 28.0 Å². The zero-order valence-electron chi connectivity index (χ0n) is 10.3. The maximum Gasteiger partial charge on any atom is 0.242 e. The molecule has 19 heavy (non-hydrogen) atoms. The standard InChI is InChI=1S/C11H13BrCl2FNO2S/c1-6(2)8(5-12)16-19(17,18)9-4-3-7(13)11(15)10(9)14/h3-4,6,8,16H,5H2,1-2H3. The molecule has 0 aliphatic carbocycles. The van der Waals surface area contributed by atoms with Gasteiger partial charge in [0.1, 0.15) is 4.90 Å². The quantitative estimate of drug-likeness (QED) is 0.611. The van der Waals surface area contributed by atoms with Gasteiger partial charge in [-0.05, 0) is 18.1 Å². The predicted octanol–water partition coefficient (Wildman–Crippen LogP) is 3.83. The third kappa shape index (κ3) is 4.04. The van der Waals surface area contributed by atoms with E-state index in [1.54, 1.807) is 0 Å². The molecule has 1 aromatic rings. The van der Waals surface area contributed by atoms with E-state index in [0.717, 1.165) is 6.07 Å². The second-order valence-electron chi connectivity index (χ2n) is 4.30. The Morgan fingerprint density at radius 1 is 1.37 bits per heavy atom. The Kier molecular flexibility index (Phi) is 6.07. The molecule has 1 rings (SSSR count). The third-order valence-corrected chi connectivity index (χ3v) is 5.57. The van der Waals surface area contributed by atoms with E-state index in [0.29, 0.717) is 5.33 Å². The van der Waals surface area contributed by atoms with Crippen molar-refractivity contribution in [2.45, 2.75) is 24.8 Å². The number of halogens is 4. The van der Waals surface area contributed by atoms with Crippen LogP contribution < -0.4 is 4.72 Å². The average molecular weight is 393 g/mol. The van der Waals surface area contributed by atoms with Crippen molar-refractivity contribution < 1.29 is 12.8 Å². The van der Waals surface area contributed by atoms with Crippen LogP contribution >= 0.6 is 39.1 Å². The normalized spacial score (nSPS) is 13.8. The minimum absolute atomic E-state index is 0.0741. The van der Waals surface area contributed by atoms with E-state index in [-0.39, 0.29) is 21.9 Å². The van der Waals surface area contributed by atoms with Crippen LogP contribution in [0.25, 0.3) is 0 Å². The first kappa shape index (κ1) is 17.2. The average Bonchev–Trinajstić information content (AvgIpc) is 2.32. The predicted molar refractivity (Wildman–Crippen MR) is 79.2 cm³/mol. The highest BCUT2D eigenvalue weighted by atomic mass is 79.9. The number of hydrogen-bond donors (Lipinski definition) is 1. The molecule has 0 aliphatic heterocycles. The van der Waals surface area contributed by atoms with Gasteiger partial charge in [-0.25, -0.2) is 17.5 Å². The molecule has 0 bridgehead atoms. The van der Waals surface area contributed by atoms with Crippen molar-refractivity contribution in [1.82, 2.24) is 4.72 Å². The minimum atomic E-state index is -3.90. The SMILES string of the molecule is CC(C)C(CBr)NS(=O)(=O)c1ccc(Cl)c(F)c1Cl. The summed E-state index contributed by atoms with van der Waals surface area (Å²) in [4.78, 5) is -0.317. The lowest BCUT2D eigenvalue weighted by Gasteiger charge is -2.20. The largest absolute Gasteiger partial charge is 0.242 e. The van der Waals surface area contributed by atoms with E-state index in [1.807, 2.05) is 13.8 Å². The molecule has 0 aromatic heterocycles. The van der Waals surface area contributed by atoms with Gasteiger partial charge < -0.3 is 0 Å². The Balaban J connectivity index is 3.18. The molecule has 1 N–H and O–H groups in total. The summed E-state index contributed by atoms with van der Waals surface area (Å²) in [5, 5.41) is -0.278. The molecule has 0 saturated heterocycles. The van der Waals surface area contributed by atoms with Crippen molar-refractivity contribution in [3.63, 3.8) is 0 Å². The van der Waals surface area contributed by atoms with Crippen LogP contribution in [0.5, 0.6) is 0 Å². The first-order valence-electron chi connectivity index (χ1n) is 5.42. The molecular weight excluding hydrogens is 380 g/mol. The summed E-state index contributed by atoms with van der Waals surface area (Å²) in [5.74, 6) is -0.865. The molecule has 0 spiro atoms. The van der Waals surface area contributed by atoms with Gasteiger partial charge in [0.05, 0.1) is 10.0 Å². The Morgan fingerprint density at radius 3 is 2.42 bits per heavy atom. The van der Waals surface area contributed by atoms with Gasteiger partial charge in [-0.2, -0.15) is 0 Å².